The number of hydrazone groups is 1. The quantitative estimate of drug-likeness (QED) is 0.332. The van der Waals surface area contributed by atoms with Gasteiger partial charge in [0.15, 0.2) is 11.5 Å². The molecule has 0 aromatic heterocycles. The van der Waals surface area contributed by atoms with Crippen LogP contribution in [0.3, 0.4) is 0 Å². The largest absolute Gasteiger partial charge is 0.490 e. The Morgan fingerprint density at radius 1 is 1.00 bits per heavy atom. The predicted octanol–water partition coefficient (Wildman–Crippen LogP) is 4.34. The van der Waals surface area contributed by atoms with Gasteiger partial charge in [0.1, 0.15) is 12.4 Å². The Balaban J connectivity index is 1.52. The zero-order valence-corrected chi connectivity index (χ0v) is 19.1. The van der Waals surface area contributed by atoms with Gasteiger partial charge < -0.3 is 14.8 Å². The first-order valence-corrected chi connectivity index (χ1v) is 10.8. The van der Waals surface area contributed by atoms with Gasteiger partial charge in [-0.1, -0.05) is 23.7 Å². The molecule has 2 amide bonds. The van der Waals surface area contributed by atoms with E-state index in [9.17, 15) is 14.0 Å². The van der Waals surface area contributed by atoms with Gasteiger partial charge in [0.05, 0.1) is 19.4 Å². The average molecular weight is 484 g/mol. The maximum Gasteiger partial charge on any atom is 0.259 e. The van der Waals surface area contributed by atoms with Crippen molar-refractivity contribution in [2.45, 2.75) is 13.5 Å². The van der Waals surface area contributed by atoms with Crippen molar-refractivity contribution in [1.82, 2.24) is 10.7 Å². The van der Waals surface area contributed by atoms with Crippen LogP contribution in [-0.2, 0) is 11.4 Å². The second-order valence-electron chi connectivity index (χ2n) is 7.04. The molecule has 2 N–H and O–H groups in total. The molecule has 0 spiro atoms. The molecular formula is C25H23ClFN3O4. The minimum absolute atomic E-state index is 0.250. The highest BCUT2D eigenvalue weighted by Crippen LogP contribution is 2.29. The molecule has 0 aliphatic heterocycles. The van der Waals surface area contributed by atoms with E-state index in [0.717, 1.165) is 5.56 Å². The number of ether oxygens (including phenoxy) is 2. The second kappa shape index (κ2) is 12.4. The van der Waals surface area contributed by atoms with Gasteiger partial charge in [0.25, 0.3) is 11.8 Å². The van der Waals surface area contributed by atoms with E-state index in [-0.39, 0.29) is 12.1 Å². The summed E-state index contributed by atoms with van der Waals surface area (Å²) >= 11 is 5.91. The molecule has 3 aromatic carbocycles. The molecule has 3 rings (SSSR count). The van der Waals surface area contributed by atoms with Crippen LogP contribution >= 0.6 is 11.6 Å². The lowest BCUT2D eigenvalue weighted by Gasteiger charge is -2.12. The fourth-order valence-electron chi connectivity index (χ4n) is 2.82. The number of nitrogens with zero attached hydrogens (tertiary/aromatic N) is 1. The molecule has 0 fully saturated rings. The molecule has 0 aliphatic rings. The van der Waals surface area contributed by atoms with Crippen LogP contribution in [-0.4, -0.2) is 31.2 Å². The van der Waals surface area contributed by atoms with Gasteiger partial charge >= 0.3 is 0 Å². The summed E-state index contributed by atoms with van der Waals surface area (Å²) in [6, 6.07) is 17.6. The summed E-state index contributed by atoms with van der Waals surface area (Å²) in [6.07, 6.45) is 1.45. The fraction of sp³-hybridized carbons (Fsp3) is 0.160. The standard InChI is InChI=1S/C25H23ClFN3O4/c1-2-33-23-13-18(5-12-22(23)34-16-17-3-8-20(26)9-4-17)14-29-30-24(31)15-28-25(32)19-6-10-21(27)11-7-19/h3-14H,2,15-16H2,1H3,(H,28,32)(H,30,31)/b29-14+. The van der Waals surface area contributed by atoms with E-state index in [1.54, 1.807) is 30.3 Å². The number of hydrogen-bond acceptors (Lipinski definition) is 5. The van der Waals surface area contributed by atoms with Crippen LogP contribution in [0, 0.1) is 5.82 Å². The van der Waals surface area contributed by atoms with Crippen molar-refractivity contribution in [3.05, 3.63) is 94.3 Å². The molecule has 0 radical (unpaired) electrons. The zero-order valence-electron chi connectivity index (χ0n) is 18.4. The SMILES string of the molecule is CCOc1cc(/C=N/NC(=O)CNC(=O)c2ccc(F)cc2)ccc1OCc1ccc(Cl)cc1. The molecule has 0 saturated carbocycles. The summed E-state index contributed by atoms with van der Waals surface area (Å²) in [5, 5.41) is 7.00. The van der Waals surface area contributed by atoms with E-state index in [2.05, 4.69) is 15.8 Å². The number of carbonyl (C=O) groups excluding carboxylic acids is 2. The lowest BCUT2D eigenvalue weighted by Crippen LogP contribution is -2.34. The molecule has 7 nitrogen and oxygen atoms in total. The van der Waals surface area contributed by atoms with Crippen LogP contribution in [0.15, 0.2) is 71.8 Å². The van der Waals surface area contributed by atoms with E-state index in [1.165, 1.54) is 30.5 Å². The van der Waals surface area contributed by atoms with Crippen LogP contribution in [0.25, 0.3) is 0 Å². The highest BCUT2D eigenvalue weighted by molar-refractivity contribution is 6.30. The average Bonchev–Trinajstić information content (AvgIpc) is 2.84. The maximum absolute atomic E-state index is 12.9. The number of nitrogens with one attached hydrogen (secondary N) is 2. The number of halogens is 2. The van der Waals surface area contributed by atoms with Gasteiger partial charge in [0, 0.05) is 10.6 Å². The Morgan fingerprint density at radius 3 is 2.44 bits per heavy atom. The van der Waals surface area contributed by atoms with Crippen molar-refractivity contribution in [2.75, 3.05) is 13.2 Å². The van der Waals surface area contributed by atoms with Gasteiger partial charge in [-0.2, -0.15) is 5.10 Å². The summed E-state index contributed by atoms with van der Waals surface area (Å²) in [4.78, 5) is 23.9. The smallest absolute Gasteiger partial charge is 0.259 e. The Kier molecular flexibility index (Phi) is 8.99. The summed E-state index contributed by atoms with van der Waals surface area (Å²) in [5.41, 5.74) is 4.23. The molecular weight excluding hydrogens is 461 g/mol. The number of benzene rings is 3. The Bertz CT molecular complexity index is 1150. The summed E-state index contributed by atoms with van der Waals surface area (Å²) in [6.45, 7) is 2.38. The van der Waals surface area contributed by atoms with E-state index in [0.29, 0.717) is 35.3 Å². The number of amides is 2. The minimum atomic E-state index is -0.514. The summed E-state index contributed by atoms with van der Waals surface area (Å²) in [5.74, 6) is -0.341. The van der Waals surface area contributed by atoms with Crippen LogP contribution in [0.4, 0.5) is 4.39 Å². The normalized spacial score (nSPS) is 10.7. The van der Waals surface area contributed by atoms with Gasteiger partial charge in [-0.15, -0.1) is 0 Å². The first kappa shape index (κ1) is 24.7. The summed E-state index contributed by atoms with van der Waals surface area (Å²) < 4.78 is 24.5. The maximum atomic E-state index is 12.9. The third-order valence-electron chi connectivity index (χ3n) is 4.49. The topological polar surface area (TPSA) is 89.0 Å². The van der Waals surface area contributed by atoms with E-state index < -0.39 is 17.6 Å². The lowest BCUT2D eigenvalue weighted by atomic mass is 10.2. The van der Waals surface area contributed by atoms with Gasteiger partial charge in [0.2, 0.25) is 0 Å². The minimum Gasteiger partial charge on any atom is -0.490 e. The van der Waals surface area contributed by atoms with Gasteiger partial charge in [-0.3, -0.25) is 9.59 Å². The predicted molar refractivity (Wildman–Crippen MR) is 128 cm³/mol. The zero-order chi connectivity index (χ0) is 24.3. The van der Waals surface area contributed by atoms with Crippen LogP contribution in [0.1, 0.15) is 28.4 Å². The summed E-state index contributed by atoms with van der Waals surface area (Å²) in [7, 11) is 0. The highest BCUT2D eigenvalue weighted by Gasteiger charge is 2.09. The van der Waals surface area contributed by atoms with Crippen LogP contribution < -0.4 is 20.2 Å². The van der Waals surface area contributed by atoms with Crippen molar-refractivity contribution in [1.29, 1.82) is 0 Å². The van der Waals surface area contributed by atoms with E-state index in [1.807, 2.05) is 19.1 Å². The first-order chi connectivity index (χ1) is 16.4. The molecule has 0 heterocycles. The Morgan fingerprint density at radius 2 is 1.74 bits per heavy atom. The Hall–Kier alpha value is -3.91. The number of carbonyl (C=O) groups is 2. The lowest BCUT2D eigenvalue weighted by molar-refractivity contribution is -0.120. The van der Waals surface area contributed by atoms with Crippen molar-refractivity contribution in [3.63, 3.8) is 0 Å². The van der Waals surface area contributed by atoms with Crippen molar-refractivity contribution >= 4 is 29.6 Å². The first-order valence-electron chi connectivity index (χ1n) is 10.4. The van der Waals surface area contributed by atoms with Gasteiger partial charge in [-0.25, -0.2) is 9.82 Å². The third kappa shape index (κ3) is 7.60. The molecule has 0 bridgehead atoms. The molecule has 34 heavy (non-hydrogen) atoms. The number of hydrogen-bond donors (Lipinski definition) is 2. The highest BCUT2D eigenvalue weighted by atomic mass is 35.5. The molecule has 9 heteroatoms. The van der Waals surface area contributed by atoms with Gasteiger partial charge in [-0.05, 0) is 72.6 Å². The van der Waals surface area contributed by atoms with E-state index >= 15 is 0 Å². The molecule has 0 saturated heterocycles. The second-order valence-corrected chi connectivity index (χ2v) is 7.47. The molecule has 3 aromatic rings. The molecule has 176 valence electrons. The van der Waals surface area contributed by atoms with Crippen LogP contribution in [0.5, 0.6) is 11.5 Å². The van der Waals surface area contributed by atoms with E-state index in [4.69, 9.17) is 21.1 Å². The number of rotatable bonds is 10. The monoisotopic (exact) mass is 483 g/mol. The van der Waals surface area contributed by atoms with Crippen molar-refractivity contribution in [3.8, 4) is 11.5 Å². The molecule has 0 unspecified atom stereocenters. The van der Waals surface area contributed by atoms with Crippen molar-refractivity contribution < 1.29 is 23.5 Å². The Labute approximate surface area is 201 Å². The fourth-order valence-corrected chi connectivity index (χ4v) is 2.94. The van der Waals surface area contributed by atoms with Crippen LogP contribution in [0.2, 0.25) is 5.02 Å². The third-order valence-corrected chi connectivity index (χ3v) is 4.75. The van der Waals surface area contributed by atoms with Crippen molar-refractivity contribution in [2.24, 2.45) is 5.10 Å². The molecule has 0 atom stereocenters. The molecule has 0 aliphatic carbocycles.